The van der Waals surface area contributed by atoms with Crippen molar-refractivity contribution >= 4 is 46.3 Å². The number of aromatic nitrogens is 1. The Hall–Kier alpha value is -3.92. The van der Waals surface area contributed by atoms with Crippen LogP contribution in [0.2, 0.25) is 10.0 Å². The molecule has 1 aliphatic heterocycles. The van der Waals surface area contributed by atoms with Crippen LogP contribution >= 0.6 is 23.2 Å². The van der Waals surface area contributed by atoms with Crippen molar-refractivity contribution < 1.29 is 28.9 Å². The minimum atomic E-state index is -0.753. The summed E-state index contributed by atoms with van der Waals surface area (Å²) in [6, 6.07) is 19.5. The summed E-state index contributed by atoms with van der Waals surface area (Å²) in [5.74, 6) is 1.03. The number of amides is 2. The maximum atomic E-state index is 13.5. The summed E-state index contributed by atoms with van der Waals surface area (Å²) in [5.41, 5.74) is 3.84. The summed E-state index contributed by atoms with van der Waals surface area (Å²) in [5, 5.41) is 12.8. The van der Waals surface area contributed by atoms with E-state index in [9.17, 15) is 14.7 Å². The Morgan fingerprint density at radius 1 is 1.02 bits per heavy atom. The number of fused-ring (bicyclic) bond motifs is 3. The lowest BCUT2D eigenvalue weighted by Crippen LogP contribution is -2.42. The van der Waals surface area contributed by atoms with E-state index < -0.39 is 24.3 Å². The number of carbonyl (C=O) groups excluding carboxylic acids is 2. The number of H-pyrrole nitrogens is 1. The molecule has 4 aromatic rings. The van der Waals surface area contributed by atoms with Crippen molar-refractivity contribution in [3.63, 3.8) is 0 Å². The zero-order valence-electron chi connectivity index (χ0n) is 25.3. The van der Waals surface area contributed by atoms with E-state index in [1.54, 1.807) is 36.1 Å². The van der Waals surface area contributed by atoms with Crippen LogP contribution in [0, 0.1) is 0 Å². The van der Waals surface area contributed by atoms with Gasteiger partial charge in [-0.2, -0.15) is 0 Å². The van der Waals surface area contributed by atoms with Crippen LogP contribution in [0.3, 0.4) is 0 Å². The molecular formula is C34H37Cl2N3O6. The number of hydrogen-bond donors (Lipinski definition) is 2. The molecule has 2 heterocycles. The second kappa shape index (κ2) is 14.9. The molecule has 2 atom stereocenters. The number of hydrogen-bond acceptors (Lipinski definition) is 6. The Balaban J connectivity index is 1.31. The Bertz CT molecular complexity index is 1610. The second-order valence-electron chi connectivity index (χ2n) is 10.9. The van der Waals surface area contributed by atoms with Gasteiger partial charge < -0.3 is 29.2 Å². The van der Waals surface area contributed by atoms with Crippen molar-refractivity contribution in [1.29, 1.82) is 0 Å². The van der Waals surface area contributed by atoms with E-state index in [2.05, 4.69) is 4.98 Å². The molecule has 45 heavy (non-hydrogen) atoms. The molecule has 2 N–H and O–H groups in total. The fourth-order valence-corrected chi connectivity index (χ4v) is 5.91. The van der Waals surface area contributed by atoms with Crippen molar-refractivity contribution in [2.24, 2.45) is 0 Å². The second-order valence-corrected chi connectivity index (χ2v) is 11.8. The zero-order valence-corrected chi connectivity index (χ0v) is 26.8. The molecule has 0 saturated carbocycles. The van der Waals surface area contributed by atoms with E-state index in [1.807, 2.05) is 49.4 Å². The van der Waals surface area contributed by atoms with Crippen LogP contribution in [0.15, 0.2) is 66.7 Å². The Kier molecular flexibility index (Phi) is 10.8. The molecule has 5 rings (SSSR count). The molecule has 2 unspecified atom stereocenters. The smallest absolute Gasteiger partial charge is 0.416 e. The molecule has 3 aromatic carbocycles. The van der Waals surface area contributed by atoms with Gasteiger partial charge in [0.15, 0.2) is 0 Å². The van der Waals surface area contributed by atoms with Crippen LogP contribution in [-0.2, 0) is 11.2 Å². The van der Waals surface area contributed by atoms with Gasteiger partial charge in [0.2, 0.25) is 0 Å². The van der Waals surface area contributed by atoms with Gasteiger partial charge in [0.1, 0.15) is 17.5 Å². The molecule has 0 aliphatic carbocycles. The molecule has 0 bridgehead atoms. The van der Waals surface area contributed by atoms with Gasteiger partial charge in [0.05, 0.1) is 25.9 Å². The number of ether oxygens (including phenoxy) is 3. The number of rotatable bonds is 11. The fourth-order valence-electron chi connectivity index (χ4n) is 5.61. The van der Waals surface area contributed by atoms with E-state index in [4.69, 9.17) is 37.4 Å². The molecule has 0 radical (unpaired) electrons. The molecule has 2 amide bonds. The van der Waals surface area contributed by atoms with Gasteiger partial charge in [0.25, 0.3) is 0 Å². The van der Waals surface area contributed by atoms with Crippen molar-refractivity contribution in [3.05, 3.63) is 93.6 Å². The van der Waals surface area contributed by atoms with Crippen LogP contribution in [0.1, 0.15) is 49.6 Å². The minimum Gasteiger partial charge on any atom is -0.493 e. The van der Waals surface area contributed by atoms with E-state index in [1.165, 1.54) is 4.90 Å². The summed E-state index contributed by atoms with van der Waals surface area (Å²) < 4.78 is 16.8. The molecular weight excluding hydrogens is 617 g/mol. The van der Waals surface area contributed by atoms with Crippen LogP contribution in [0.4, 0.5) is 9.59 Å². The van der Waals surface area contributed by atoms with Crippen LogP contribution in [-0.4, -0.2) is 71.0 Å². The molecule has 9 nitrogen and oxygen atoms in total. The highest BCUT2D eigenvalue weighted by molar-refractivity contribution is 6.31. The van der Waals surface area contributed by atoms with Crippen LogP contribution in [0.25, 0.3) is 10.9 Å². The number of nitrogens with zero attached hydrogens (tertiary/aromatic N) is 2. The van der Waals surface area contributed by atoms with Crippen molar-refractivity contribution in [1.82, 2.24) is 14.8 Å². The van der Waals surface area contributed by atoms with Gasteiger partial charge in [-0.25, -0.2) is 9.59 Å². The normalized spacial score (nSPS) is 15.0. The van der Waals surface area contributed by atoms with E-state index in [0.29, 0.717) is 47.5 Å². The SMILES string of the molecule is CCCN(CC(O)CCOc1ccc(C2c3[nH]c4ccc(Cl)cc4c3CCN2C(=O)Oc2ccc(Cl)cc2)cc1)C(=O)OCC. The minimum absolute atomic E-state index is 0.177. The average Bonchev–Trinajstić information content (AvgIpc) is 3.40. The first-order chi connectivity index (χ1) is 21.8. The third kappa shape index (κ3) is 7.84. The molecule has 0 saturated heterocycles. The lowest BCUT2D eigenvalue weighted by Gasteiger charge is -2.35. The van der Waals surface area contributed by atoms with E-state index >= 15 is 0 Å². The molecule has 0 spiro atoms. The molecule has 11 heteroatoms. The maximum absolute atomic E-state index is 13.5. The highest BCUT2D eigenvalue weighted by Gasteiger charge is 2.36. The Labute approximate surface area is 272 Å². The first-order valence-electron chi connectivity index (χ1n) is 15.1. The average molecular weight is 655 g/mol. The fraction of sp³-hybridized carbons (Fsp3) is 0.353. The lowest BCUT2D eigenvalue weighted by atomic mass is 9.92. The topological polar surface area (TPSA) is 104 Å². The van der Waals surface area contributed by atoms with Gasteiger partial charge in [-0.15, -0.1) is 0 Å². The monoisotopic (exact) mass is 653 g/mol. The molecule has 1 aromatic heterocycles. The van der Waals surface area contributed by atoms with Gasteiger partial charge in [-0.05, 0) is 85.5 Å². The summed E-state index contributed by atoms with van der Waals surface area (Å²) in [6.45, 7) is 5.40. The molecule has 238 valence electrons. The van der Waals surface area contributed by atoms with Gasteiger partial charge >= 0.3 is 12.2 Å². The maximum Gasteiger partial charge on any atom is 0.416 e. The third-order valence-electron chi connectivity index (χ3n) is 7.71. The van der Waals surface area contributed by atoms with Gasteiger partial charge in [-0.3, -0.25) is 4.90 Å². The number of nitrogens with one attached hydrogen (secondary N) is 1. The molecule has 1 aliphatic rings. The first kappa shape index (κ1) is 32.5. The predicted molar refractivity (Wildman–Crippen MR) is 174 cm³/mol. The predicted octanol–water partition coefficient (Wildman–Crippen LogP) is 7.62. The standard InChI is InChI=1S/C34H37Cl2N3O6/c1-3-17-38(33(41)43-4-2)21-25(40)16-19-44-26-10-5-22(6-11-26)32-31-28(29-20-24(36)9-14-30(29)37-31)15-18-39(32)34(42)45-27-12-7-23(35)8-13-27/h5-14,20,25,32,37,40H,3-4,15-19,21H2,1-2H3. The number of aromatic amines is 1. The first-order valence-corrected chi connectivity index (χ1v) is 15.9. The summed E-state index contributed by atoms with van der Waals surface area (Å²) in [7, 11) is 0. The Morgan fingerprint density at radius 3 is 2.44 bits per heavy atom. The summed E-state index contributed by atoms with van der Waals surface area (Å²) >= 11 is 12.3. The number of carbonyl (C=O) groups is 2. The van der Waals surface area contributed by atoms with Gasteiger partial charge in [0, 0.05) is 46.2 Å². The highest BCUT2D eigenvalue weighted by atomic mass is 35.5. The third-order valence-corrected chi connectivity index (χ3v) is 8.20. The van der Waals surface area contributed by atoms with Gasteiger partial charge in [-0.1, -0.05) is 42.3 Å². The number of halogens is 2. The number of aliphatic hydroxyl groups excluding tert-OH is 1. The van der Waals surface area contributed by atoms with Crippen molar-refractivity contribution in [3.8, 4) is 11.5 Å². The summed E-state index contributed by atoms with van der Waals surface area (Å²) in [4.78, 5) is 32.5. The van der Waals surface area contributed by atoms with E-state index in [0.717, 1.165) is 34.1 Å². The quantitative estimate of drug-likeness (QED) is 0.173. The van der Waals surface area contributed by atoms with Crippen LogP contribution in [0.5, 0.6) is 11.5 Å². The van der Waals surface area contributed by atoms with E-state index in [-0.39, 0.29) is 19.8 Å². The zero-order chi connectivity index (χ0) is 31.9. The summed E-state index contributed by atoms with van der Waals surface area (Å²) in [6.07, 6.45) is 0.0897. The number of benzene rings is 3. The van der Waals surface area contributed by atoms with Crippen molar-refractivity contribution in [2.75, 3.05) is 32.8 Å². The highest BCUT2D eigenvalue weighted by Crippen LogP contribution is 2.40. The molecule has 0 fully saturated rings. The Morgan fingerprint density at radius 2 is 1.73 bits per heavy atom. The largest absolute Gasteiger partial charge is 0.493 e. The number of aliphatic hydroxyl groups is 1. The van der Waals surface area contributed by atoms with Crippen molar-refractivity contribution in [2.45, 2.75) is 45.3 Å². The van der Waals surface area contributed by atoms with Crippen LogP contribution < -0.4 is 9.47 Å². The lowest BCUT2D eigenvalue weighted by molar-refractivity contribution is 0.0669.